The molecular weight excluding hydrogens is 288 g/mol. The van der Waals surface area contributed by atoms with Gasteiger partial charge in [-0.05, 0) is 12.5 Å². The van der Waals surface area contributed by atoms with Crippen LogP contribution in [0.4, 0.5) is 5.69 Å². The summed E-state index contributed by atoms with van der Waals surface area (Å²) < 4.78 is 0.863. The van der Waals surface area contributed by atoms with Gasteiger partial charge >= 0.3 is 0 Å². The number of thiophene rings is 1. The lowest BCUT2D eigenvalue weighted by molar-refractivity contribution is -0.121. The van der Waals surface area contributed by atoms with Crippen LogP contribution in [0.25, 0.3) is 10.1 Å². The first-order chi connectivity index (χ1) is 10.0. The number of fused-ring (bicyclic) bond motifs is 1. The van der Waals surface area contributed by atoms with Crippen molar-refractivity contribution in [2.45, 2.75) is 13.3 Å². The Balaban J connectivity index is 2.14. The van der Waals surface area contributed by atoms with E-state index in [1.807, 2.05) is 6.92 Å². The maximum Gasteiger partial charge on any atom is 0.266 e. The molecule has 112 valence electrons. The molecule has 3 N–H and O–H groups in total. The molecular formula is C14H18N4O2S. The van der Waals surface area contributed by atoms with Crippen LogP contribution in [-0.4, -0.2) is 41.8 Å². The first kappa shape index (κ1) is 15.2. The quantitative estimate of drug-likeness (QED) is 0.875. The Kier molecular flexibility index (Phi) is 4.74. The second kappa shape index (κ2) is 6.53. The molecule has 2 heterocycles. The van der Waals surface area contributed by atoms with E-state index in [0.717, 1.165) is 16.5 Å². The number of pyridine rings is 1. The van der Waals surface area contributed by atoms with Gasteiger partial charge in [-0.25, -0.2) is 0 Å². The molecule has 0 radical (unpaired) electrons. The molecule has 0 atom stereocenters. The monoisotopic (exact) mass is 306 g/mol. The van der Waals surface area contributed by atoms with Gasteiger partial charge in [0.15, 0.2) is 0 Å². The van der Waals surface area contributed by atoms with E-state index in [-0.39, 0.29) is 18.4 Å². The van der Waals surface area contributed by atoms with Crippen molar-refractivity contribution >= 4 is 38.9 Å². The van der Waals surface area contributed by atoms with Crippen LogP contribution in [0.5, 0.6) is 0 Å². The van der Waals surface area contributed by atoms with Gasteiger partial charge in [-0.2, -0.15) is 0 Å². The average Bonchev–Trinajstić information content (AvgIpc) is 2.82. The number of amides is 2. The smallest absolute Gasteiger partial charge is 0.266 e. The van der Waals surface area contributed by atoms with Crippen molar-refractivity contribution in [1.82, 2.24) is 15.2 Å². The van der Waals surface area contributed by atoms with Crippen molar-refractivity contribution < 1.29 is 9.59 Å². The van der Waals surface area contributed by atoms with Gasteiger partial charge in [-0.3, -0.25) is 14.6 Å². The SMILES string of the molecule is CCCNC(=O)CN(C)C(=O)c1sc2cnccc2c1N. The summed E-state index contributed by atoms with van der Waals surface area (Å²) in [6.45, 7) is 2.60. The van der Waals surface area contributed by atoms with Crippen molar-refractivity contribution in [3.05, 3.63) is 23.3 Å². The topological polar surface area (TPSA) is 88.3 Å². The Morgan fingerprint density at radius 2 is 2.24 bits per heavy atom. The van der Waals surface area contributed by atoms with Crippen LogP contribution in [0.1, 0.15) is 23.0 Å². The van der Waals surface area contributed by atoms with Crippen molar-refractivity contribution in [1.29, 1.82) is 0 Å². The molecule has 0 fully saturated rings. The zero-order chi connectivity index (χ0) is 15.4. The van der Waals surface area contributed by atoms with E-state index in [1.54, 1.807) is 25.5 Å². The van der Waals surface area contributed by atoms with Crippen LogP contribution in [0, 0.1) is 0 Å². The number of nitrogen functional groups attached to an aromatic ring is 1. The molecule has 0 aliphatic rings. The zero-order valence-corrected chi connectivity index (χ0v) is 12.9. The second-order valence-electron chi connectivity index (χ2n) is 4.73. The fourth-order valence-electron chi connectivity index (χ4n) is 1.91. The minimum Gasteiger partial charge on any atom is -0.397 e. The molecule has 2 aromatic rings. The fourth-order valence-corrected chi connectivity index (χ4v) is 3.00. The van der Waals surface area contributed by atoms with Crippen molar-refractivity contribution in [3.8, 4) is 0 Å². The number of anilines is 1. The molecule has 0 aliphatic heterocycles. The maximum atomic E-state index is 12.4. The molecule has 0 unspecified atom stereocenters. The summed E-state index contributed by atoms with van der Waals surface area (Å²) in [4.78, 5) is 29.9. The van der Waals surface area contributed by atoms with Gasteiger partial charge in [0.2, 0.25) is 5.91 Å². The maximum absolute atomic E-state index is 12.4. The Labute approximate surface area is 127 Å². The van der Waals surface area contributed by atoms with Gasteiger partial charge in [0.1, 0.15) is 4.88 Å². The highest BCUT2D eigenvalue weighted by atomic mass is 32.1. The van der Waals surface area contributed by atoms with E-state index in [9.17, 15) is 9.59 Å². The molecule has 0 aliphatic carbocycles. The van der Waals surface area contributed by atoms with E-state index in [1.165, 1.54) is 16.2 Å². The van der Waals surface area contributed by atoms with E-state index in [2.05, 4.69) is 10.3 Å². The Morgan fingerprint density at radius 1 is 1.48 bits per heavy atom. The molecule has 2 aromatic heterocycles. The molecule has 21 heavy (non-hydrogen) atoms. The van der Waals surface area contributed by atoms with Gasteiger partial charge in [-0.1, -0.05) is 6.92 Å². The molecule has 0 spiro atoms. The number of nitrogens with one attached hydrogen (secondary N) is 1. The highest BCUT2D eigenvalue weighted by Crippen LogP contribution is 2.33. The predicted octanol–water partition coefficient (Wildman–Crippen LogP) is 1.48. The van der Waals surface area contributed by atoms with Crippen LogP contribution < -0.4 is 11.1 Å². The molecule has 0 aromatic carbocycles. The molecule has 0 saturated carbocycles. The number of likely N-dealkylation sites (N-methyl/N-ethyl adjacent to an activating group) is 1. The number of aromatic nitrogens is 1. The van der Waals surface area contributed by atoms with Crippen LogP contribution in [0.3, 0.4) is 0 Å². The molecule has 0 bridgehead atoms. The zero-order valence-electron chi connectivity index (χ0n) is 12.0. The Hall–Kier alpha value is -2.15. The van der Waals surface area contributed by atoms with Crippen molar-refractivity contribution in [2.24, 2.45) is 0 Å². The summed E-state index contributed by atoms with van der Waals surface area (Å²) in [6, 6.07) is 1.78. The number of hydrogen-bond acceptors (Lipinski definition) is 5. The van der Waals surface area contributed by atoms with E-state index in [0.29, 0.717) is 17.1 Å². The predicted molar refractivity (Wildman–Crippen MR) is 84.3 cm³/mol. The lowest BCUT2D eigenvalue weighted by atomic mass is 10.2. The largest absolute Gasteiger partial charge is 0.397 e. The summed E-state index contributed by atoms with van der Waals surface area (Å²) in [5.41, 5.74) is 6.47. The van der Waals surface area contributed by atoms with Gasteiger partial charge in [0.05, 0.1) is 16.9 Å². The van der Waals surface area contributed by atoms with E-state index >= 15 is 0 Å². The number of nitrogens with two attached hydrogens (primary N) is 1. The van der Waals surface area contributed by atoms with Gasteiger partial charge in [0.25, 0.3) is 5.91 Å². The third kappa shape index (κ3) is 3.30. The second-order valence-corrected chi connectivity index (χ2v) is 5.78. The summed E-state index contributed by atoms with van der Waals surface area (Å²) in [5.74, 6) is -0.422. The number of hydrogen-bond donors (Lipinski definition) is 2. The van der Waals surface area contributed by atoms with Gasteiger partial charge in [0, 0.05) is 31.4 Å². The summed E-state index contributed by atoms with van der Waals surface area (Å²) in [7, 11) is 1.59. The molecule has 2 amide bonds. The lowest BCUT2D eigenvalue weighted by Crippen LogP contribution is -2.38. The van der Waals surface area contributed by atoms with Crippen LogP contribution >= 0.6 is 11.3 Å². The summed E-state index contributed by atoms with van der Waals surface area (Å²) >= 11 is 1.29. The minimum atomic E-state index is -0.250. The van der Waals surface area contributed by atoms with Gasteiger partial charge in [-0.15, -0.1) is 11.3 Å². The Morgan fingerprint density at radius 3 is 2.90 bits per heavy atom. The minimum absolute atomic E-state index is 0.0186. The number of carbonyl (C=O) groups is 2. The summed E-state index contributed by atoms with van der Waals surface area (Å²) in [5, 5.41) is 3.56. The van der Waals surface area contributed by atoms with Gasteiger partial charge < -0.3 is 16.0 Å². The van der Waals surface area contributed by atoms with Crippen molar-refractivity contribution in [3.63, 3.8) is 0 Å². The molecule has 6 nitrogen and oxygen atoms in total. The lowest BCUT2D eigenvalue weighted by Gasteiger charge is -2.16. The third-order valence-corrected chi connectivity index (χ3v) is 4.17. The average molecular weight is 306 g/mol. The Bertz CT molecular complexity index is 668. The normalized spacial score (nSPS) is 10.6. The third-order valence-electron chi connectivity index (χ3n) is 3.03. The first-order valence-corrected chi connectivity index (χ1v) is 7.50. The summed E-state index contributed by atoms with van der Waals surface area (Å²) in [6.07, 6.45) is 4.18. The molecule has 0 saturated heterocycles. The molecule has 7 heteroatoms. The van der Waals surface area contributed by atoms with Crippen LogP contribution in [0.15, 0.2) is 18.5 Å². The van der Waals surface area contributed by atoms with E-state index < -0.39 is 0 Å². The standard InChI is InChI=1S/C14H18N4O2S/c1-3-5-17-11(19)8-18(2)14(20)13-12(15)9-4-6-16-7-10(9)21-13/h4,6-7H,3,5,8,15H2,1-2H3,(H,17,19). The fraction of sp³-hybridized carbons (Fsp3) is 0.357. The highest BCUT2D eigenvalue weighted by molar-refractivity contribution is 7.21. The highest BCUT2D eigenvalue weighted by Gasteiger charge is 2.21. The van der Waals surface area contributed by atoms with E-state index in [4.69, 9.17) is 5.73 Å². The number of nitrogens with zero attached hydrogens (tertiary/aromatic N) is 2. The van der Waals surface area contributed by atoms with Crippen LogP contribution in [0.2, 0.25) is 0 Å². The first-order valence-electron chi connectivity index (χ1n) is 6.68. The van der Waals surface area contributed by atoms with Crippen molar-refractivity contribution in [2.75, 3.05) is 25.9 Å². The number of rotatable bonds is 5. The number of carbonyl (C=O) groups excluding carboxylic acids is 2. The van der Waals surface area contributed by atoms with Crippen LogP contribution in [-0.2, 0) is 4.79 Å². The molecule has 2 rings (SSSR count).